The number of hydrogen-bond acceptors (Lipinski definition) is 2. The molecule has 0 bridgehead atoms. The van der Waals surface area contributed by atoms with Crippen molar-refractivity contribution in [1.82, 2.24) is 0 Å². The lowest BCUT2D eigenvalue weighted by molar-refractivity contribution is 0.408. The van der Waals surface area contributed by atoms with E-state index >= 15 is 0 Å². The van der Waals surface area contributed by atoms with Crippen LogP contribution in [0.25, 0.3) is 0 Å². The topological polar surface area (TPSA) is 21.3 Å². The van der Waals surface area contributed by atoms with Crippen molar-refractivity contribution < 1.29 is 4.74 Å². The number of fused-ring (bicyclic) bond motifs is 1. The van der Waals surface area contributed by atoms with Crippen molar-refractivity contribution in [2.75, 3.05) is 12.4 Å². The van der Waals surface area contributed by atoms with E-state index in [-0.39, 0.29) is 6.04 Å². The number of ether oxygens (including phenoxy) is 1. The summed E-state index contributed by atoms with van der Waals surface area (Å²) in [5.74, 6) is 0.946. The lowest BCUT2D eigenvalue weighted by atomic mass is 10.0. The molecule has 1 aliphatic carbocycles. The summed E-state index contributed by atoms with van der Waals surface area (Å²) in [5.41, 5.74) is 6.68. The minimum Gasteiger partial charge on any atom is -0.496 e. The molecule has 2 nitrogen and oxygen atoms in total. The zero-order valence-electron chi connectivity index (χ0n) is 13.1. The standard InChI is InChI=1S/C19H23NO/c1-13-7-10-19(21-3)18(11-13)14(2)20-17-9-8-15-5-4-6-16(15)12-17/h7-12,14,20H,4-6H2,1-3H3. The third-order valence-corrected chi connectivity index (χ3v) is 4.33. The maximum Gasteiger partial charge on any atom is 0.124 e. The molecule has 1 atom stereocenters. The van der Waals surface area contributed by atoms with Gasteiger partial charge in [-0.1, -0.05) is 23.8 Å². The summed E-state index contributed by atoms with van der Waals surface area (Å²) < 4.78 is 5.49. The van der Waals surface area contributed by atoms with Gasteiger partial charge in [-0.25, -0.2) is 0 Å². The van der Waals surface area contributed by atoms with Gasteiger partial charge in [0.1, 0.15) is 5.75 Å². The first kappa shape index (κ1) is 14.0. The monoisotopic (exact) mass is 281 g/mol. The number of benzene rings is 2. The molecule has 0 saturated heterocycles. The molecule has 0 fully saturated rings. The molecule has 0 spiro atoms. The minimum absolute atomic E-state index is 0.222. The highest BCUT2D eigenvalue weighted by atomic mass is 16.5. The van der Waals surface area contributed by atoms with Gasteiger partial charge < -0.3 is 10.1 Å². The molecule has 0 aromatic heterocycles. The summed E-state index contributed by atoms with van der Waals surface area (Å²) in [5, 5.41) is 3.61. The van der Waals surface area contributed by atoms with Crippen molar-refractivity contribution in [3.63, 3.8) is 0 Å². The summed E-state index contributed by atoms with van der Waals surface area (Å²) in [6.07, 6.45) is 3.74. The normalized spacial score (nSPS) is 14.6. The third kappa shape index (κ3) is 2.90. The Morgan fingerprint density at radius 2 is 1.86 bits per heavy atom. The molecule has 0 aliphatic heterocycles. The van der Waals surface area contributed by atoms with E-state index in [4.69, 9.17) is 4.74 Å². The van der Waals surface area contributed by atoms with E-state index in [0.717, 1.165) is 5.75 Å². The Bertz CT molecular complexity index is 648. The molecular formula is C19H23NO. The molecule has 1 N–H and O–H groups in total. The Morgan fingerprint density at radius 3 is 2.67 bits per heavy atom. The van der Waals surface area contributed by atoms with Gasteiger partial charge in [0, 0.05) is 11.3 Å². The van der Waals surface area contributed by atoms with Gasteiger partial charge in [0.15, 0.2) is 0 Å². The Labute approximate surface area is 127 Å². The second-order valence-corrected chi connectivity index (χ2v) is 5.95. The predicted octanol–water partition coefficient (Wildman–Crippen LogP) is 4.67. The Hall–Kier alpha value is -1.96. The average molecular weight is 281 g/mol. The maximum absolute atomic E-state index is 5.49. The van der Waals surface area contributed by atoms with Crippen LogP contribution in [0.1, 0.15) is 41.6 Å². The first-order chi connectivity index (χ1) is 10.2. The van der Waals surface area contributed by atoms with E-state index in [1.54, 1.807) is 7.11 Å². The smallest absolute Gasteiger partial charge is 0.124 e. The number of methoxy groups -OCH3 is 1. The maximum atomic E-state index is 5.49. The van der Waals surface area contributed by atoms with Crippen LogP contribution in [0, 0.1) is 6.92 Å². The molecule has 0 amide bonds. The summed E-state index contributed by atoms with van der Waals surface area (Å²) in [6.45, 7) is 4.30. The van der Waals surface area contributed by atoms with Crippen LogP contribution >= 0.6 is 0 Å². The van der Waals surface area contributed by atoms with Crippen LogP contribution in [0.5, 0.6) is 5.75 Å². The van der Waals surface area contributed by atoms with Crippen molar-refractivity contribution in [3.05, 3.63) is 58.7 Å². The molecule has 2 aromatic rings. The van der Waals surface area contributed by atoms with Crippen LogP contribution in [0.3, 0.4) is 0 Å². The molecular weight excluding hydrogens is 258 g/mol. The van der Waals surface area contributed by atoms with Crippen LogP contribution in [0.2, 0.25) is 0 Å². The van der Waals surface area contributed by atoms with Gasteiger partial charge in [-0.15, -0.1) is 0 Å². The number of hydrogen-bond donors (Lipinski definition) is 1. The van der Waals surface area contributed by atoms with Gasteiger partial charge >= 0.3 is 0 Å². The quantitative estimate of drug-likeness (QED) is 0.879. The fourth-order valence-electron chi connectivity index (χ4n) is 3.18. The zero-order chi connectivity index (χ0) is 14.8. The van der Waals surface area contributed by atoms with Crippen molar-refractivity contribution in [1.29, 1.82) is 0 Å². The van der Waals surface area contributed by atoms with Crippen LogP contribution < -0.4 is 10.1 Å². The SMILES string of the molecule is COc1ccc(C)cc1C(C)Nc1ccc2c(c1)CCC2. The van der Waals surface area contributed by atoms with Gasteiger partial charge in [-0.2, -0.15) is 0 Å². The fraction of sp³-hybridized carbons (Fsp3) is 0.368. The molecule has 0 radical (unpaired) electrons. The zero-order valence-corrected chi connectivity index (χ0v) is 13.1. The van der Waals surface area contributed by atoms with E-state index in [1.807, 2.05) is 6.07 Å². The van der Waals surface area contributed by atoms with Crippen molar-refractivity contribution in [2.24, 2.45) is 0 Å². The van der Waals surface area contributed by atoms with Gasteiger partial charge in [0.05, 0.1) is 13.2 Å². The number of anilines is 1. The molecule has 0 heterocycles. The van der Waals surface area contributed by atoms with Crippen molar-refractivity contribution >= 4 is 5.69 Å². The molecule has 2 aromatic carbocycles. The van der Waals surface area contributed by atoms with E-state index < -0.39 is 0 Å². The van der Waals surface area contributed by atoms with Crippen LogP contribution in [-0.2, 0) is 12.8 Å². The fourth-order valence-corrected chi connectivity index (χ4v) is 3.18. The van der Waals surface area contributed by atoms with E-state index in [1.165, 1.54) is 47.2 Å². The predicted molar refractivity (Wildman–Crippen MR) is 88.2 cm³/mol. The highest BCUT2D eigenvalue weighted by molar-refractivity contribution is 5.52. The largest absolute Gasteiger partial charge is 0.496 e. The molecule has 21 heavy (non-hydrogen) atoms. The number of rotatable bonds is 4. The summed E-state index contributed by atoms with van der Waals surface area (Å²) in [6, 6.07) is 13.3. The Balaban J connectivity index is 1.83. The summed E-state index contributed by atoms with van der Waals surface area (Å²) in [4.78, 5) is 0. The lowest BCUT2D eigenvalue weighted by Gasteiger charge is -2.19. The van der Waals surface area contributed by atoms with Gasteiger partial charge in [-0.3, -0.25) is 0 Å². The first-order valence-electron chi connectivity index (χ1n) is 7.70. The van der Waals surface area contributed by atoms with Crippen LogP contribution in [0.4, 0.5) is 5.69 Å². The van der Waals surface area contributed by atoms with E-state index in [0.29, 0.717) is 0 Å². The van der Waals surface area contributed by atoms with Crippen molar-refractivity contribution in [3.8, 4) is 5.75 Å². The number of aryl methyl sites for hydroxylation is 3. The van der Waals surface area contributed by atoms with Crippen LogP contribution in [0.15, 0.2) is 36.4 Å². The van der Waals surface area contributed by atoms with E-state index in [2.05, 4.69) is 49.5 Å². The van der Waals surface area contributed by atoms with Gasteiger partial charge in [-0.05, 0) is 62.4 Å². The molecule has 1 unspecified atom stereocenters. The second kappa shape index (κ2) is 5.80. The molecule has 2 heteroatoms. The lowest BCUT2D eigenvalue weighted by Crippen LogP contribution is -2.08. The molecule has 1 aliphatic rings. The third-order valence-electron chi connectivity index (χ3n) is 4.33. The average Bonchev–Trinajstić information content (AvgIpc) is 2.94. The van der Waals surface area contributed by atoms with Crippen molar-refractivity contribution in [2.45, 2.75) is 39.2 Å². The Kier molecular flexibility index (Phi) is 3.87. The summed E-state index contributed by atoms with van der Waals surface area (Å²) in [7, 11) is 1.73. The first-order valence-corrected chi connectivity index (χ1v) is 7.70. The highest BCUT2D eigenvalue weighted by Gasteiger charge is 2.14. The minimum atomic E-state index is 0.222. The van der Waals surface area contributed by atoms with Gasteiger partial charge in [0.25, 0.3) is 0 Å². The Morgan fingerprint density at radius 1 is 1.05 bits per heavy atom. The van der Waals surface area contributed by atoms with Gasteiger partial charge in [0.2, 0.25) is 0 Å². The number of nitrogens with one attached hydrogen (secondary N) is 1. The van der Waals surface area contributed by atoms with E-state index in [9.17, 15) is 0 Å². The highest BCUT2D eigenvalue weighted by Crippen LogP contribution is 2.30. The molecule has 110 valence electrons. The molecule has 0 saturated carbocycles. The second-order valence-electron chi connectivity index (χ2n) is 5.95. The molecule has 3 rings (SSSR count). The van der Waals surface area contributed by atoms with Crippen LogP contribution in [-0.4, -0.2) is 7.11 Å². The summed E-state index contributed by atoms with van der Waals surface area (Å²) >= 11 is 0.